The lowest BCUT2D eigenvalue weighted by Gasteiger charge is -2.46. The first kappa shape index (κ1) is 20.4. The van der Waals surface area contributed by atoms with Gasteiger partial charge in [-0.15, -0.1) is 0 Å². The number of amides is 1. The minimum atomic E-state index is 0.0240. The molecule has 1 N–H and O–H groups in total. The molecule has 3 aliphatic heterocycles. The summed E-state index contributed by atoms with van der Waals surface area (Å²) in [5.41, 5.74) is 0.242. The summed E-state index contributed by atoms with van der Waals surface area (Å²) >= 11 is 0. The van der Waals surface area contributed by atoms with E-state index in [-0.39, 0.29) is 24.0 Å². The van der Waals surface area contributed by atoms with Crippen molar-refractivity contribution in [2.45, 2.75) is 51.0 Å². The molecule has 3 heterocycles. The molecular formula is C20H36N4O3. The molecule has 3 aliphatic rings. The van der Waals surface area contributed by atoms with Gasteiger partial charge in [-0.1, -0.05) is 0 Å². The van der Waals surface area contributed by atoms with Crippen LogP contribution in [0.15, 0.2) is 4.99 Å². The minimum absolute atomic E-state index is 0.0240. The molecule has 0 saturated carbocycles. The maximum absolute atomic E-state index is 12.1. The van der Waals surface area contributed by atoms with Crippen LogP contribution in [0.3, 0.4) is 0 Å². The minimum Gasteiger partial charge on any atom is -0.381 e. The molecule has 27 heavy (non-hydrogen) atoms. The molecular weight excluding hydrogens is 344 g/mol. The molecule has 0 aromatic heterocycles. The van der Waals surface area contributed by atoms with Gasteiger partial charge >= 0.3 is 0 Å². The lowest BCUT2D eigenvalue weighted by molar-refractivity contribution is -0.127. The van der Waals surface area contributed by atoms with Crippen molar-refractivity contribution in [1.29, 1.82) is 0 Å². The van der Waals surface area contributed by atoms with E-state index in [1.807, 2.05) is 0 Å². The number of piperidine rings is 1. The number of hydrogen-bond acceptors (Lipinski definition) is 4. The number of guanidine groups is 1. The van der Waals surface area contributed by atoms with Gasteiger partial charge < -0.3 is 24.6 Å². The normalized spacial score (nSPS) is 29.6. The number of carbonyl (C=O) groups is 1. The summed E-state index contributed by atoms with van der Waals surface area (Å²) in [6.45, 7) is 5.46. The second kappa shape index (κ2) is 9.73. The highest BCUT2D eigenvalue weighted by Crippen LogP contribution is 2.37. The number of likely N-dealkylation sites (N-methyl/N-ethyl adjacent to an activating group) is 1. The zero-order chi connectivity index (χ0) is 19.1. The Hall–Kier alpha value is -1.34. The fraction of sp³-hybridized carbons (Fsp3) is 0.900. The smallest absolute Gasteiger partial charge is 0.243 e. The van der Waals surface area contributed by atoms with Gasteiger partial charge in [0.2, 0.25) is 5.91 Å². The molecule has 3 fully saturated rings. The Morgan fingerprint density at radius 1 is 1.22 bits per heavy atom. The summed E-state index contributed by atoms with van der Waals surface area (Å²) in [7, 11) is 3.55. The maximum atomic E-state index is 12.1. The average molecular weight is 381 g/mol. The van der Waals surface area contributed by atoms with Crippen molar-refractivity contribution in [3.8, 4) is 0 Å². The molecule has 0 aliphatic carbocycles. The molecule has 2 atom stereocenters. The number of ether oxygens (including phenoxy) is 2. The molecule has 0 aromatic rings. The molecule has 0 bridgehead atoms. The third-order valence-electron chi connectivity index (χ3n) is 5.99. The van der Waals surface area contributed by atoms with E-state index in [4.69, 9.17) is 9.47 Å². The summed E-state index contributed by atoms with van der Waals surface area (Å²) in [4.78, 5) is 20.7. The van der Waals surface area contributed by atoms with Crippen molar-refractivity contribution in [1.82, 2.24) is 15.1 Å². The summed E-state index contributed by atoms with van der Waals surface area (Å²) in [5.74, 6) is 0.875. The fourth-order valence-corrected chi connectivity index (χ4v) is 4.35. The number of nitrogens with one attached hydrogen (secondary N) is 1. The third-order valence-corrected chi connectivity index (χ3v) is 5.99. The van der Waals surface area contributed by atoms with E-state index in [9.17, 15) is 4.79 Å². The van der Waals surface area contributed by atoms with Crippen molar-refractivity contribution in [2.75, 3.05) is 60.1 Å². The Labute approximate surface area is 163 Å². The van der Waals surface area contributed by atoms with Gasteiger partial charge in [0.05, 0.1) is 12.7 Å². The fourth-order valence-electron chi connectivity index (χ4n) is 4.35. The van der Waals surface area contributed by atoms with Crippen LogP contribution in [0.4, 0.5) is 0 Å². The zero-order valence-corrected chi connectivity index (χ0v) is 17.0. The standard InChI is InChI=1S/C20H36N4O3/c1-23(2)18(25)14-22-19(21-13-17-7-3-4-12-27-17)24-10-5-8-20(15-24)9-6-11-26-16-20/h17H,3-16H2,1-2H3,(H,21,22). The molecule has 1 amide bonds. The Morgan fingerprint density at radius 2 is 2.07 bits per heavy atom. The number of likely N-dealkylation sites (tertiary alicyclic amines) is 1. The average Bonchev–Trinajstić information content (AvgIpc) is 2.69. The monoisotopic (exact) mass is 380 g/mol. The van der Waals surface area contributed by atoms with Crippen LogP contribution in [0.5, 0.6) is 0 Å². The Bertz CT molecular complexity index is 506. The number of nitrogens with zero attached hydrogens (tertiary/aromatic N) is 3. The zero-order valence-electron chi connectivity index (χ0n) is 17.0. The predicted octanol–water partition coefficient (Wildman–Crippen LogP) is 1.48. The van der Waals surface area contributed by atoms with E-state index in [1.54, 1.807) is 19.0 Å². The molecule has 7 nitrogen and oxygen atoms in total. The van der Waals surface area contributed by atoms with Crippen LogP contribution in [-0.4, -0.2) is 87.9 Å². The topological polar surface area (TPSA) is 66.4 Å². The highest BCUT2D eigenvalue weighted by atomic mass is 16.5. The maximum Gasteiger partial charge on any atom is 0.243 e. The van der Waals surface area contributed by atoms with Crippen LogP contribution >= 0.6 is 0 Å². The number of aliphatic imine (C=N–C) groups is 1. The van der Waals surface area contributed by atoms with Gasteiger partial charge in [-0.2, -0.15) is 0 Å². The molecule has 0 radical (unpaired) electrons. The molecule has 1 spiro atoms. The van der Waals surface area contributed by atoms with E-state index in [1.165, 1.54) is 19.3 Å². The molecule has 0 aromatic carbocycles. The lowest BCUT2D eigenvalue weighted by atomic mass is 9.76. The van der Waals surface area contributed by atoms with Crippen LogP contribution in [0.25, 0.3) is 0 Å². The largest absolute Gasteiger partial charge is 0.381 e. The van der Waals surface area contributed by atoms with Crippen molar-refractivity contribution in [3.63, 3.8) is 0 Å². The molecule has 2 unspecified atom stereocenters. The summed E-state index contributed by atoms with van der Waals surface area (Å²) < 4.78 is 11.7. The second-order valence-electron chi connectivity index (χ2n) is 8.48. The van der Waals surface area contributed by atoms with Gasteiger partial charge in [0, 0.05) is 52.4 Å². The Kier molecular flexibility index (Phi) is 7.35. The second-order valence-corrected chi connectivity index (χ2v) is 8.48. The van der Waals surface area contributed by atoms with Crippen molar-refractivity contribution in [3.05, 3.63) is 0 Å². The number of rotatable bonds is 4. The molecule has 3 rings (SSSR count). The van der Waals surface area contributed by atoms with E-state index >= 15 is 0 Å². The molecule has 7 heteroatoms. The highest BCUT2D eigenvalue weighted by molar-refractivity contribution is 5.85. The van der Waals surface area contributed by atoms with Crippen molar-refractivity contribution in [2.24, 2.45) is 10.4 Å². The van der Waals surface area contributed by atoms with Crippen molar-refractivity contribution < 1.29 is 14.3 Å². The van der Waals surface area contributed by atoms with Crippen LogP contribution in [-0.2, 0) is 14.3 Å². The Balaban J connectivity index is 1.65. The quantitative estimate of drug-likeness (QED) is 0.591. The van der Waals surface area contributed by atoms with Gasteiger partial charge in [0.1, 0.15) is 6.54 Å². The summed E-state index contributed by atoms with van der Waals surface area (Å²) in [6, 6.07) is 0. The first-order valence-electron chi connectivity index (χ1n) is 10.5. The van der Waals surface area contributed by atoms with Gasteiger partial charge in [0.15, 0.2) is 5.96 Å². The van der Waals surface area contributed by atoms with Gasteiger partial charge in [0.25, 0.3) is 0 Å². The first-order chi connectivity index (χ1) is 13.1. The highest BCUT2D eigenvalue weighted by Gasteiger charge is 2.38. The molecule has 154 valence electrons. The Morgan fingerprint density at radius 3 is 2.78 bits per heavy atom. The number of hydrogen-bond donors (Lipinski definition) is 1. The third kappa shape index (κ3) is 5.82. The van der Waals surface area contributed by atoms with E-state index < -0.39 is 0 Å². The SMILES string of the molecule is CN(C)C(=O)CN=C(NCC1CCCCO1)N1CCCC2(CCCOC2)C1. The van der Waals surface area contributed by atoms with Gasteiger partial charge in [-0.3, -0.25) is 4.79 Å². The van der Waals surface area contributed by atoms with Crippen LogP contribution in [0.1, 0.15) is 44.9 Å². The summed E-state index contributed by atoms with van der Waals surface area (Å²) in [6.07, 6.45) is 8.44. The number of carbonyl (C=O) groups excluding carboxylic acids is 1. The van der Waals surface area contributed by atoms with Gasteiger partial charge in [-0.25, -0.2) is 4.99 Å². The van der Waals surface area contributed by atoms with Crippen LogP contribution < -0.4 is 5.32 Å². The van der Waals surface area contributed by atoms with Gasteiger partial charge in [-0.05, 0) is 44.9 Å². The predicted molar refractivity (Wildman–Crippen MR) is 106 cm³/mol. The van der Waals surface area contributed by atoms with E-state index in [0.29, 0.717) is 0 Å². The first-order valence-corrected chi connectivity index (χ1v) is 10.5. The van der Waals surface area contributed by atoms with Crippen molar-refractivity contribution >= 4 is 11.9 Å². The van der Waals surface area contributed by atoms with Crippen LogP contribution in [0.2, 0.25) is 0 Å². The summed E-state index contributed by atoms with van der Waals surface area (Å²) in [5, 5.41) is 3.51. The lowest BCUT2D eigenvalue weighted by Crippen LogP contribution is -2.54. The molecule has 3 saturated heterocycles. The van der Waals surface area contributed by atoms with Crippen LogP contribution in [0, 0.1) is 5.41 Å². The van der Waals surface area contributed by atoms with E-state index in [0.717, 1.165) is 71.1 Å². The van der Waals surface area contributed by atoms with E-state index in [2.05, 4.69) is 15.2 Å².